The summed E-state index contributed by atoms with van der Waals surface area (Å²) < 4.78 is 40.5. The molecular formula is C25H29N3O5S2. The van der Waals surface area contributed by atoms with Gasteiger partial charge in [-0.05, 0) is 56.9 Å². The van der Waals surface area contributed by atoms with E-state index in [1.165, 1.54) is 15.6 Å². The Kier molecular flexibility index (Phi) is 6.80. The fourth-order valence-electron chi connectivity index (χ4n) is 4.75. The van der Waals surface area contributed by atoms with E-state index in [4.69, 9.17) is 14.5 Å². The molecule has 2 aliphatic heterocycles. The number of aromatic nitrogens is 1. The van der Waals surface area contributed by atoms with Crippen LogP contribution in [-0.4, -0.2) is 62.6 Å². The average Bonchev–Trinajstić information content (AvgIpc) is 3.62. The van der Waals surface area contributed by atoms with Crippen molar-refractivity contribution in [3.8, 4) is 5.75 Å². The number of hydrogen-bond acceptors (Lipinski definition) is 7. The molecule has 0 saturated carbocycles. The minimum atomic E-state index is -3.81. The number of hydrogen-bond donors (Lipinski definition) is 0. The fourth-order valence-corrected chi connectivity index (χ4v) is 7.39. The van der Waals surface area contributed by atoms with Gasteiger partial charge in [0, 0.05) is 13.2 Å². The second-order valence-electron chi connectivity index (χ2n) is 8.97. The molecule has 35 heavy (non-hydrogen) atoms. The Hall–Kier alpha value is -2.53. The summed E-state index contributed by atoms with van der Waals surface area (Å²) in [6, 6.07) is 11.7. The highest BCUT2D eigenvalue weighted by molar-refractivity contribution is 7.89. The Balaban J connectivity index is 1.50. The lowest BCUT2D eigenvalue weighted by Crippen LogP contribution is -2.49. The van der Waals surface area contributed by atoms with Gasteiger partial charge in [0.25, 0.3) is 0 Å². The van der Waals surface area contributed by atoms with Gasteiger partial charge in [0.15, 0.2) is 5.13 Å². The molecule has 1 aromatic heterocycles. The molecule has 0 N–H and O–H groups in total. The molecule has 186 valence electrons. The standard InChI is InChI=1S/C25H29N3O5S2/c1-17-10-12-19(13-11-17)35(30,31)28-14-4-7-20(28)24(29)27(16-18-6-5-15-33-18)25-26-23-21(32-2)8-3-9-22(23)34-25/h3,8-13,18,20H,4-7,14-16H2,1-2H3. The molecule has 2 unspecified atom stereocenters. The largest absolute Gasteiger partial charge is 0.494 e. The molecule has 10 heteroatoms. The van der Waals surface area contributed by atoms with Crippen LogP contribution in [0.15, 0.2) is 47.4 Å². The number of amides is 1. The van der Waals surface area contributed by atoms with E-state index in [0.29, 0.717) is 48.9 Å². The van der Waals surface area contributed by atoms with Crippen LogP contribution in [0.2, 0.25) is 0 Å². The maximum atomic E-state index is 14.0. The molecule has 5 rings (SSSR count). The zero-order valence-electron chi connectivity index (χ0n) is 19.8. The number of benzene rings is 2. The maximum Gasteiger partial charge on any atom is 0.247 e. The van der Waals surface area contributed by atoms with E-state index in [1.54, 1.807) is 36.3 Å². The summed E-state index contributed by atoms with van der Waals surface area (Å²) in [5.41, 5.74) is 1.67. The van der Waals surface area contributed by atoms with E-state index < -0.39 is 16.1 Å². The number of sulfonamides is 1. The zero-order valence-corrected chi connectivity index (χ0v) is 21.5. The van der Waals surface area contributed by atoms with Crippen LogP contribution in [0.25, 0.3) is 10.2 Å². The average molecular weight is 516 g/mol. The summed E-state index contributed by atoms with van der Waals surface area (Å²) in [6.07, 6.45) is 2.80. The smallest absolute Gasteiger partial charge is 0.247 e. The first-order chi connectivity index (χ1) is 16.9. The van der Waals surface area contributed by atoms with Crippen molar-refractivity contribution < 1.29 is 22.7 Å². The number of rotatable bonds is 7. The molecule has 2 aromatic carbocycles. The summed E-state index contributed by atoms with van der Waals surface area (Å²) in [4.78, 5) is 20.6. The van der Waals surface area contributed by atoms with Crippen molar-refractivity contribution in [2.45, 2.75) is 49.6 Å². The molecule has 2 fully saturated rings. The van der Waals surface area contributed by atoms with Crippen molar-refractivity contribution in [1.29, 1.82) is 0 Å². The predicted molar refractivity (Wildman–Crippen MR) is 136 cm³/mol. The van der Waals surface area contributed by atoms with Gasteiger partial charge in [0.2, 0.25) is 15.9 Å². The Labute approximate surface area is 209 Å². The number of ether oxygens (including phenoxy) is 2. The number of carbonyl (C=O) groups is 1. The second-order valence-corrected chi connectivity index (χ2v) is 11.9. The van der Waals surface area contributed by atoms with Crippen LogP contribution in [-0.2, 0) is 19.6 Å². The number of para-hydroxylation sites is 1. The van der Waals surface area contributed by atoms with E-state index >= 15 is 0 Å². The number of aryl methyl sites for hydroxylation is 1. The molecule has 8 nitrogen and oxygen atoms in total. The maximum absolute atomic E-state index is 14.0. The van der Waals surface area contributed by atoms with Gasteiger partial charge in [-0.2, -0.15) is 4.31 Å². The molecule has 0 spiro atoms. The fraction of sp³-hybridized carbons (Fsp3) is 0.440. The molecule has 3 aromatic rings. The number of carbonyl (C=O) groups excluding carboxylic acids is 1. The SMILES string of the molecule is COc1cccc2sc(N(CC3CCCO3)C(=O)C3CCCN3S(=O)(=O)c3ccc(C)cc3)nc12. The normalized spacial score (nSPS) is 21.0. The summed E-state index contributed by atoms with van der Waals surface area (Å²) in [6.45, 7) is 3.23. The molecule has 0 aliphatic carbocycles. The number of nitrogens with zero attached hydrogens (tertiary/aromatic N) is 3. The molecule has 2 saturated heterocycles. The van der Waals surface area contributed by atoms with Crippen LogP contribution in [0, 0.1) is 6.92 Å². The third-order valence-corrected chi connectivity index (χ3v) is 9.58. The summed E-state index contributed by atoms with van der Waals surface area (Å²) in [5, 5.41) is 0.532. The highest BCUT2D eigenvalue weighted by Crippen LogP contribution is 2.36. The lowest BCUT2D eigenvalue weighted by atomic mass is 10.2. The third kappa shape index (κ3) is 4.67. The number of fused-ring (bicyclic) bond motifs is 1. The Morgan fingerprint density at radius 2 is 2.00 bits per heavy atom. The number of methoxy groups -OCH3 is 1. The van der Waals surface area contributed by atoms with Crippen LogP contribution in [0.3, 0.4) is 0 Å². The van der Waals surface area contributed by atoms with Gasteiger partial charge in [-0.3, -0.25) is 9.69 Å². The van der Waals surface area contributed by atoms with Crippen LogP contribution in [0.5, 0.6) is 5.75 Å². The van der Waals surface area contributed by atoms with Gasteiger partial charge in [-0.25, -0.2) is 13.4 Å². The van der Waals surface area contributed by atoms with Crippen molar-refractivity contribution in [2.24, 2.45) is 0 Å². The van der Waals surface area contributed by atoms with Gasteiger partial charge in [0.05, 0.1) is 29.4 Å². The first kappa shape index (κ1) is 24.2. The topological polar surface area (TPSA) is 89.0 Å². The van der Waals surface area contributed by atoms with E-state index in [1.807, 2.05) is 25.1 Å². The summed E-state index contributed by atoms with van der Waals surface area (Å²) in [5.74, 6) is 0.380. The first-order valence-corrected chi connectivity index (χ1v) is 14.1. The van der Waals surface area contributed by atoms with Gasteiger partial charge < -0.3 is 9.47 Å². The minimum absolute atomic E-state index is 0.101. The molecule has 1 amide bonds. The lowest BCUT2D eigenvalue weighted by Gasteiger charge is -2.29. The van der Waals surface area contributed by atoms with Crippen LogP contribution >= 0.6 is 11.3 Å². The van der Waals surface area contributed by atoms with Gasteiger partial charge >= 0.3 is 0 Å². The lowest BCUT2D eigenvalue weighted by molar-refractivity contribution is -0.122. The van der Waals surface area contributed by atoms with Crippen molar-refractivity contribution in [1.82, 2.24) is 9.29 Å². The number of thiazole rings is 1. The van der Waals surface area contributed by atoms with Crippen molar-refractivity contribution >= 4 is 42.6 Å². The zero-order chi connectivity index (χ0) is 24.6. The van der Waals surface area contributed by atoms with Gasteiger partial charge in [-0.1, -0.05) is 35.1 Å². The minimum Gasteiger partial charge on any atom is -0.494 e. The molecular weight excluding hydrogens is 486 g/mol. The van der Waals surface area contributed by atoms with E-state index in [2.05, 4.69) is 0 Å². The predicted octanol–water partition coefficient (Wildman–Crippen LogP) is 3.98. The Morgan fingerprint density at radius 3 is 2.71 bits per heavy atom. The summed E-state index contributed by atoms with van der Waals surface area (Å²) >= 11 is 1.40. The van der Waals surface area contributed by atoms with Gasteiger partial charge in [0.1, 0.15) is 17.3 Å². The molecule has 0 bridgehead atoms. The van der Waals surface area contributed by atoms with Crippen molar-refractivity contribution in [3.05, 3.63) is 48.0 Å². The number of anilines is 1. The van der Waals surface area contributed by atoms with E-state index in [9.17, 15) is 13.2 Å². The highest BCUT2D eigenvalue weighted by atomic mass is 32.2. The van der Waals surface area contributed by atoms with Crippen molar-refractivity contribution in [2.75, 3.05) is 31.7 Å². The third-order valence-electron chi connectivity index (χ3n) is 6.61. The van der Waals surface area contributed by atoms with Crippen LogP contribution in [0.1, 0.15) is 31.2 Å². The molecule has 2 aliphatic rings. The monoisotopic (exact) mass is 515 g/mol. The highest BCUT2D eigenvalue weighted by Gasteiger charge is 2.42. The quantitative estimate of drug-likeness (QED) is 0.473. The molecule has 2 atom stereocenters. The van der Waals surface area contributed by atoms with E-state index in [0.717, 1.165) is 23.1 Å². The molecule has 0 radical (unpaired) electrons. The van der Waals surface area contributed by atoms with Crippen molar-refractivity contribution in [3.63, 3.8) is 0 Å². The van der Waals surface area contributed by atoms with Gasteiger partial charge in [-0.15, -0.1) is 0 Å². The first-order valence-electron chi connectivity index (χ1n) is 11.8. The summed E-state index contributed by atoms with van der Waals surface area (Å²) in [7, 11) is -2.22. The Morgan fingerprint density at radius 1 is 1.20 bits per heavy atom. The van der Waals surface area contributed by atoms with E-state index in [-0.39, 0.29) is 16.9 Å². The van der Waals surface area contributed by atoms with Crippen LogP contribution in [0.4, 0.5) is 5.13 Å². The van der Waals surface area contributed by atoms with Crippen LogP contribution < -0.4 is 9.64 Å². The molecule has 3 heterocycles. The Bertz CT molecular complexity index is 1320. The second kappa shape index (κ2) is 9.85.